The molecule has 40 heavy (non-hydrogen) atoms. The van der Waals surface area contributed by atoms with E-state index in [4.69, 9.17) is 18.9 Å². The molecule has 10 nitrogen and oxygen atoms in total. The van der Waals surface area contributed by atoms with Crippen LogP contribution in [0.25, 0.3) is 0 Å². The van der Waals surface area contributed by atoms with Crippen molar-refractivity contribution in [2.75, 3.05) is 34.5 Å². The van der Waals surface area contributed by atoms with Crippen molar-refractivity contribution in [1.82, 2.24) is 0 Å². The molecule has 1 heterocycles. The number of cyclic esters (lactones) is 1. The van der Waals surface area contributed by atoms with Crippen molar-refractivity contribution in [3.63, 3.8) is 0 Å². The highest BCUT2D eigenvalue weighted by Crippen LogP contribution is 2.40. The minimum Gasteiger partial charge on any atom is -0.504 e. The molecule has 0 radical (unpaired) electrons. The van der Waals surface area contributed by atoms with E-state index in [9.17, 15) is 30.0 Å². The molecule has 1 aliphatic heterocycles. The average Bonchev–Trinajstić information content (AvgIpc) is 3.29. The molecule has 0 aliphatic carbocycles. The molecule has 212 valence electrons. The molecular weight excluding hydrogens is 520 g/mol. The van der Waals surface area contributed by atoms with Gasteiger partial charge in [0.25, 0.3) is 0 Å². The van der Waals surface area contributed by atoms with Crippen molar-refractivity contribution >= 4 is 11.8 Å². The third-order valence-corrected chi connectivity index (χ3v) is 7.23. The van der Waals surface area contributed by atoms with Crippen LogP contribution < -0.4 is 14.2 Å². The third-order valence-electron chi connectivity index (χ3n) is 7.23. The van der Waals surface area contributed by atoms with E-state index in [2.05, 4.69) is 0 Å². The third kappa shape index (κ3) is 5.76. The maximum Gasteiger partial charge on any atom is 0.309 e. The fourth-order valence-corrected chi connectivity index (χ4v) is 5.04. The summed E-state index contributed by atoms with van der Waals surface area (Å²) in [5.74, 6) is -2.63. The Morgan fingerprint density at radius 3 is 2.15 bits per heavy atom. The lowest BCUT2D eigenvalue weighted by molar-refractivity contribution is -0.141. The van der Waals surface area contributed by atoms with Crippen molar-refractivity contribution in [3.8, 4) is 34.5 Å². The monoisotopic (exact) mass is 552 g/mol. The smallest absolute Gasteiger partial charge is 0.309 e. The van der Waals surface area contributed by atoms with Crippen LogP contribution in [0.3, 0.4) is 0 Å². The quantitative estimate of drug-likeness (QED) is 0.206. The van der Waals surface area contributed by atoms with Crippen LogP contribution in [0.4, 0.5) is 0 Å². The number of ether oxygens (including phenoxy) is 4. The molecule has 1 aliphatic rings. The number of ketones is 1. The van der Waals surface area contributed by atoms with Gasteiger partial charge in [0, 0.05) is 17.0 Å². The summed E-state index contributed by atoms with van der Waals surface area (Å²) >= 11 is 0. The van der Waals surface area contributed by atoms with Crippen LogP contribution in [0, 0.1) is 11.8 Å². The highest BCUT2D eigenvalue weighted by Gasteiger charge is 2.37. The Balaban J connectivity index is 1.64. The number of benzene rings is 3. The SMILES string of the molecule is COc1cc(CC2COC(=O)C2Cc2cc(OC)c(O)c(C(CO)C(=O)c3ccc(O)c(OC)c3)c2)ccc1O. The van der Waals surface area contributed by atoms with Gasteiger partial charge in [-0.3, -0.25) is 9.59 Å². The normalized spacial score (nSPS) is 17.2. The summed E-state index contributed by atoms with van der Waals surface area (Å²) in [4.78, 5) is 26.1. The number of aliphatic hydroxyl groups is 1. The van der Waals surface area contributed by atoms with Gasteiger partial charge in [0.2, 0.25) is 0 Å². The fourth-order valence-electron chi connectivity index (χ4n) is 5.04. The van der Waals surface area contributed by atoms with E-state index < -0.39 is 24.2 Å². The summed E-state index contributed by atoms with van der Waals surface area (Å²) in [6, 6.07) is 12.3. The maximum absolute atomic E-state index is 13.4. The molecule has 3 unspecified atom stereocenters. The van der Waals surface area contributed by atoms with E-state index in [0.717, 1.165) is 5.56 Å². The number of Topliss-reactive ketones (excluding diaryl/α,β-unsaturated/α-hetero) is 1. The number of aliphatic hydroxyl groups excluding tert-OH is 1. The van der Waals surface area contributed by atoms with Crippen molar-refractivity contribution in [3.05, 3.63) is 70.8 Å². The van der Waals surface area contributed by atoms with Gasteiger partial charge in [0.1, 0.15) is 0 Å². The van der Waals surface area contributed by atoms with Crippen LogP contribution in [-0.4, -0.2) is 66.7 Å². The average molecular weight is 553 g/mol. The number of carbonyl (C=O) groups is 2. The Kier molecular flexibility index (Phi) is 8.69. The molecule has 1 saturated heterocycles. The van der Waals surface area contributed by atoms with Gasteiger partial charge in [-0.15, -0.1) is 0 Å². The molecule has 3 atom stereocenters. The second kappa shape index (κ2) is 12.2. The zero-order chi connectivity index (χ0) is 29.0. The lowest BCUT2D eigenvalue weighted by Gasteiger charge is -2.21. The first-order valence-corrected chi connectivity index (χ1v) is 12.6. The Bertz CT molecular complexity index is 1400. The second-order valence-electron chi connectivity index (χ2n) is 9.63. The summed E-state index contributed by atoms with van der Waals surface area (Å²) in [5.41, 5.74) is 1.78. The van der Waals surface area contributed by atoms with E-state index in [-0.39, 0.29) is 64.8 Å². The van der Waals surface area contributed by atoms with Crippen molar-refractivity contribution in [2.24, 2.45) is 11.8 Å². The van der Waals surface area contributed by atoms with Gasteiger partial charge in [0.05, 0.1) is 46.4 Å². The minimum absolute atomic E-state index is 0.0176. The number of methoxy groups -OCH3 is 3. The number of carbonyl (C=O) groups excluding carboxylic acids is 2. The van der Waals surface area contributed by atoms with Crippen LogP contribution >= 0.6 is 0 Å². The predicted octanol–water partition coefficient (Wildman–Crippen LogP) is 3.36. The number of hydrogen-bond donors (Lipinski definition) is 4. The molecule has 3 aromatic rings. The highest BCUT2D eigenvalue weighted by atomic mass is 16.5. The van der Waals surface area contributed by atoms with Crippen LogP contribution in [0.5, 0.6) is 34.5 Å². The summed E-state index contributed by atoms with van der Waals surface area (Å²) in [7, 11) is 4.18. The summed E-state index contributed by atoms with van der Waals surface area (Å²) in [5, 5.41) is 40.9. The number of phenolic OH excluding ortho intramolecular Hbond substituents is 3. The molecule has 0 bridgehead atoms. The van der Waals surface area contributed by atoms with Gasteiger partial charge in [-0.05, 0) is 60.4 Å². The number of phenols is 3. The van der Waals surface area contributed by atoms with Gasteiger partial charge in [-0.1, -0.05) is 12.1 Å². The van der Waals surface area contributed by atoms with Gasteiger partial charge in [-0.25, -0.2) is 0 Å². The number of hydrogen-bond acceptors (Lipinski definition) is 10. The first-order chi connectivity index (χ1) is 19.2. The number of rotatable bonds is 11. The topological polar surface area (TPSA) is 152 Å². The largest absolute Gasteiger partial charge is 0.504 e. The van der Waals surface area contributed by atoms with Gasteiger partial charge >= 0.3 is 5.97 Å². The van der Waals surface area contributed by atoms with E-state index in [1.54, 1.807) is 24.3 Å². The number of esters is 1. The first-order valence-electron chi connectivity index (χ1n) is 12.6. The minimum atomic E-state index is -1.15. The molecule has 4 N–H and O–H groups in total. The summed E-state index contributed by atoms with van der Waals surface area (Å²) in [6.45, 7) is -0.395. The predicted molar refractivity (Wildman–Crippen MR) is 143 cm³/mol. The molecule has 10 heteroatoms. The fraction of sp³-hybridized carbons (Fsp3) is 0.333. The Morgan fingerprint density at radius 1 is 0.875 bits per heavy atom. The highest BCUT2D eigenvalue weighted by molar-refractivity contribution is 6.02. The summed E-state index contributed by atoms with van der Waals surface area (Å²) < 4.78 is 21.0. The van der Waals surface area contributed by atoms with Crippen molar-refractivity contribution < 1.29 is 49.0 Å². The van der Waals surface area contributed by atoms with Gasteiger partial charge in [0.15, 0.2) is 40.3 Å². The first kappa shape index (κ1) is 28.6. The van der Waals surface area contributed by atoms with Crippen LogP contribution in [-0.2, 0) is 22.4 Å². The molecule has 4 rings (SSSR count). The zero-order valence-corrected chi connectivity index (χ0v) is 22.4. The van der Waals surface area contributed by atoms with Crippen LogP contribution in [0.15, 0.2) is 48.5 Å². The molecule has 0 aromatic heterocycles. The number of aromatic hydroxyl groups is 3. The molecule has 1 fully saturated rings. The van der Waals surface area contributed by atoms with Crippen LogP contribution in [0.2, 0.25) is 0 Å². The lowest BCUT2D eigenvalue weighted by atomic mass is 9.83. The van der Waals surface area contributed by atoms with E-state index in [1.807, 2.05) is 0 Å². The second-order valence-corrected chi connectivity index (χ2v) is 9.63. The van der Waals surface area contributed by atoms with Crippen molar-refractivity contribution in [2.45, 2.75) is 18.8 Å². The molecular formula is C30H32O10. The Labute approximate surface area is 231 Å². The van der Waals surface area contributed by atoms with Gasteiger partial charge < -0.3 is 39.4 Å². The lowest BCUT2D eigenvalue weighted by Crippen LogP contribution is -2.21. The molecule has 0 spiro atoms. The van der Waals surface area contributed by atoms with Gasteiger partial charge in [-0.2, -0.15) is 0 Å². The van der Waals surface area contributed by atoms with Crippen LogP contribution in [0.1, 0.15) is 33.0 Å². The van der Waals surface area contributed by atoms with Crippen molar-refractivity contribution in [1.29, 1.82) is 0 Å². The Morgan fingerprint density at radius 2 is 1.50 bits per heavy atom. The van der Waals surface area contributed by atoms with E-state index >= 15 is 0 Å². The Hall–Kier alpha value is -4.44. The standard InChI is InChI=1S/C30H32O10/c1-37-25-11-16(4-6-23(25)32)8-19-15-40-30(36)20(19)9-17-10-21(29(35)27(12-17)39-3)22(14-31)28(34)18-5-7-24(33)26(13-18)38-2/h4-7,10-13,19-20,22,31-33,35H,8-9,14-15H2,1-3H3. The molecule has 0 amide bonds. The van der Waals surface area contributed by atoms with E-state index in [0.29, 0.717) is 17.7 Å². The molecule has 0 saturated carbocycles. The van der Waals surface area contributed by atoms with E-state index in [1.165, 1.54) is 45.6 Å². The maximum atomic E-state index is 13.4. The summed E-state index contributed by atoms with van der Waals surface area (Å²) in [6.07, 6.45) is 0.733. The molecule has 3 aromatic carbocycles. The zero-order valence-electron chi connectivity index (χ0n) is 22.4.